The van der Waals surface area contributed by atoms with Crippen LogP contribution in [-0.2, 0) is 11.2 Å². The molecule has 1 amide bonds. The van der Waals surface area contributed by atoms with Crippen molar-refractivity contribution >= 4 is 5.91 Å². The minimum Gasteiger partial charge on any atom is -0.342 e. The first-order valence-electron chi connectivity index (χ1n) is 8.74. The zero-order chi connectivity index (χ0) is 16.9. The average Bonchev–Trinajstić information content (AvgIpc) is 3.10. The van der Waals surface area contributed by atoms with E-state index in [1.54, 1.807) is 6.20 Å². The van der Waals surface area contributed by atoms with Gasteiger partial charge in [0, 0.05) is 36.9 Å². The summed E-state index contributed by atoms with van der Waals surface area (Å²) in [6.07, 6.45) is 6.24. The van der Waals surface area contributed by atoms with E-state index in [-0.39, 0.29) is 5.91 Å². The predicted molar refractivity (Wildman–Crippen MR) is 95.6 cm³/mol. The summed E-state index contributed by atoms with van der Waals surface area (Å²) in [5.74, 6) is 0.231. The Labute approximate surface area is 143 Å². The molecule has 0 spiro atoms. The van der Waals surface area contributed by atoms with Gasteiger partial charge < -0.3 is 10.2 Å². The van der Waals surface area contributed by atoms with E-state index in [2.05, 4.69) is 29.4 Å². The molecule has 1 fully saturated rings. The Morgan fingerprint density at radius 1 is 1.25 bits per heavy atom. The second-order valence-corrected chi connectivity index (χ2v) is 6.84. The summed E-state index contributed by atoms with van der Waals surface area (Å²) in [5, 5.41) is 10.3. The highest BCUT2D eigenvalue weighted by atomic mass is 16.2. The number of aromatic nitrogens is 2. The number of aromatic amines is 1. The quantitative estimate of drug-likeness (QED) is 0.888. The molecule has 1 aliphatic heterocycles. The number of piperidine rings is 1. The van der Waals surface area contributed by atoms with Crippen LogP contribution in [0.3, 0.4) is 0 Å². The molecule has 3 rings (SSSR count). The molecule has 0 bridgehead atoms. The molecule has 2 heterocycles. The number of likely N-dealkylation sites (tertiary alicyclic amines) is 1. The molecular formula is C19H26N4O. The number of nitrogens with zero attached hydrogens (tertiary/aromatic N) is 2. The van der Waals surface area contributed by atoms with E-state index >= 15 is 0 Å². The SMILES string of the molecule is CC(C)NC1CCN(C(=O)Cc2ccc(-c3cn[nH]c3)cc2)CC1. The van der Waals surface area contributed by atoms with Gasteiger partial charge in [-0.05, 0) is 24.0 Å². The van der Waals surface area contributed by atoms with Gasteiger partial charge in [0.25, 0.3) is 0 Å². The van der Waals surface area contributed by atoms with Crippen molar-refractivity contribution in [3.05, 3.63) is 42.2 Å². The van der Waals surface area contributed by atoms with Crippen molar-refractivity contribution < 1.29 is 4.79 Å². The van der Waals surface area contributed by atoms with Crippen LogP contribution in [0.25, 0.3) is 11.1 Å². The monoisotopic (exact) mass is 326 g/mol. The number of carbonyl (C=O) groups excluding carboxylic acids is 1. The Morgan fingerprint density at radius 3 is 2.54 bits per heavy atom. The third kappa shape index (κ3) is 4.23. The summed E-state index contributed by atoms with van der Waals surface area (Å²) < 4.78 is 0. The Bertz CT molecular complexity index is 641. The zero-order valence-electron chi connectivity index (χ0n) is 14.5. The summed E-state index contributed by atoms with van der Waals surface area (Å²) in [5.41, 5.74) is 3.24. The van der Waals surface area contributed by atoms with Crippen molar-refractivity contribution in [2.45, 2.75) is 45.2 Å². The molecule has 2 N–H and O–H groups in total. The highest BCUT2D eigenvalue weighted by Gasteiger charge is 2.22. The molecule has 0 saturated carbocycles. The van der Waals surface area contributed by atoms with Crippen LogP contribution in [0.5, 0.6) is 0 Å². The zero-order valence-corrected chi connectivity index (χ0v) is 14.5. The smallest absolute Gasteiger partial charge is 0.226 e. The van der Waals surface area contributed by atoms with Crippen molar-refractivity contribution in [1.29, 1.82) is 0 Å². The molecular weight excluding hydrogens is 300 g/mol. The van der Waals surface area contributed by atoms with Crippen LogP contribution in [0.4, 0.5) is 0 Å². The topological polar surface area (TPSA) is 61.0 Å². The molecule has 5 nitrogen and oxygen atoms in total. The van der Waals surface area contributed by atoms with E-state index in [0.29, 0.717) is 18.5 Å². The van der Waals surface area contributed by atoms with E-state index < -0.39 is 0 Å². The van der Waals surface area contributed by atoms with Crippen LogP contribution in [0, 0.1) is 0 Å². The molecule has 1 aromatic carbocycles. The number of hydrogen-bond acceptors (Lipinski definition) is 3. The van der Waals surface area contributed by atoms with Gasteiger partial charge in [-0.25, -0.2) is 0 Å². The fourth-order valence-corrected chi connectivity index (χ4v) is 3.28. The third-order valence-corrected chi connectivity index (χ3v) is 4.56. The lowest BCUT2D eigenvalue weighted by Crippen LogP contribution is -2.47. The number of rotatable bonds is 5. The average molecular weight is 326 g/mol. The maximum absolute atomic E-state index is 12.5. The van der Waals surface area contributed by atoms with Gasteiger partial charge in [-0.3, -0.25) is 9.89 Å². The first kappa shape index (κ1) is 16.7. The van der Waals surface area contributed by atoms with Gasteiger partial charge in [-0.1, -0.05) is 38.1 Å². The highest BCUT2D eigenvalue weighted by molar-refractivity contribution is 5.79. The van der Waals surface area contributed by atoms with E-state index in [9.17, 15) is 4.79 Å². The summed E-state index contributed by atoms with van der Waals surface area (Å²) in [6.45, 7) is 6.06. The lowest BCUT2D eigenvalue weighted by atomic mass is 10.0. The summed E-state index contributed by atoms with van der Waals surface area (Å²) in [4.78, 5) is 14.5. The molecule has 1 saturated heterocycles. The largest absolute Gasteiger partial charge is 0.342 e. The predicted octanol–water partition coefficient (Wildman–Crippen LogP) is 2.61. The first-order valence-corrected chi connectivity index (χ1v) is 8.74. The van der Waals surface area contributed by atoms with Crippen molar-refractivity contribution in [2.24, 2.45) is 0 Å². The summed E-state index contributed by atoms with van der Waals surface area (Å²) in [7, 11) is 0. The van der Waals surface area contributed by atoms with Crippen LogP contribution in [-0.4, -0.2) is 46.2 Å². The third-order valence-electron chi connectivity index (χ3n) is 4.56. The molecule has 2 aromatic rings. The van der Waals surface area contributed by atoms with Crippen LogP contribution in [0.1, 0.15) is 32.3 Å². The molecule has 1 aliphatic rings. The molecule has 0 unspecified atom stereocenters. The fourth-order valence-electron chi connectivity index (χ4n) is 3.28. The number of hydrogen-bond donors (Lipinski definition) is 2. The van der Waals surface area contributed by atoms with Crippen molar-refractivity contribution in [3.63, 3.8) is 0 Å². The van der Waals surface area contributed by atoms with Crippen molar-refractivity contribution in [3.8, 4) is 11.1 Å². The molecule has 128 valence electrons. The Balaban J connectivity index is 1.52. The molecule has 0 aliphatic carbocycles. The normalized spacial score (nSPS) is 15.9. The molecule has 5 heteroatoms. The Morgan fingerprint density at radius 2 is 1.96 bits per heavy atom. The van der Waals surface area contributed by atoms with Gasteiger partial charge in [-0.15, -0.1) is 0 Å². The number of nitrogens with one attached hydrogen (secondary N) is 2. The number of carbonyl (C=O) groups is 1. The lowest BCUT2D eigenvalue weighted by molar-refractivity contribution is -0.131. The van der Waals surface area contributed by atoms with E-state index in [0.717, 1.165) is 42.6 Å². The Kier molecular flexibility index (Phi) is 5.30. The van der Waals surface area contributed by atoms with Gasteiger partial charge in [0.15, 0.2) is 0 Å². The van der Waals surface area contributed by atoms with Gasteiger partial charge >= 0.3 is 0 Å². The van der Waals surface area contributed by atoms with Crippen LogP contribution in [0.15, 0.2) is 36.7 Å². The van der Waals surface area contributed by atoms with Gasteiger partial charge in [0.2, 0.25) is 5.91 Å². The lowest BCUT2D eigenvalue weighted by Gasteiger charge is -2.33. The van der Waals surface area contributed by atoms with E-state index in [4.69, 9.17) is 0 Å². The second-order valence-electron chi connectivity index (χ2n) is 6.84. The van der Waals surface area contributed by atoms with E-state index in [1.807, 2.05) is 35.4 Å². The standard InChI is InChI=1S/C19H26N4O/c1-14(2)22-18-7-9-23(10-8-18)19(24)11-15-3-5-16(6-4-15)17-12-20-21-13-17/h3-6,12-14,18,22H,7-11H2,1-2H3,(H,20,21). The minimum atomic E-state index is 0.231. The minimum absolute atomic E-state index is 0.231. The number of benzene rings is 1. The maximum Gasteiger partial charge on any atom is 0.226 e. The maximum atomic E-state index is 12.5. The number of amides is 1. The Hall–Kier alpha value is -2.14. The molecule has 0 atom stereocenters. The van der Waals surface area contributed by atoms with Crippen LogP contribution < -0.4 is 5.32 Å². The molecule has 24 heavy (non-hydrogen) atoms. The fraction of sp³-hybridized carbons (Fsp3) is 0.474. The van der Waals surface area contributed by atoms with Gasteiger partial charge in [0.05, 0.1) is 12.6 Å². The van der Waals surface area contributed by atoms with Crippen LogP contribution >= 0.6 is 0 Å². The second kappa shape index (κ2) is 7.62. The van der Waals surface area contributed by atoms with Crippen molar-refractivity contribution in [2.75, 3.05) is 13.1 Å². The number of H-pyrrole nitrogens is 1. The first-order chi connectivity index (χ1) is 11.6. The van der Waals surface area contributed by atoms with Crippen molar-refractivity contribution in [1.82, 2.24) is 20.4 Å². The van der Waals surface area contributed by atoms with E-state index in [1.165, 1.54) is 0 Å². The molecule has 0 radical (unpaired) electrons. The highest BCUT2D eigenvalue weighted by Crippen LogP contribution is 2.19. The summed E-state index contributed by atoms with van der Waals surface area (Å²) in [6, 6.07) is 9.22. The van der Waals surface area contributed by atoms with Gasteiger partial charge in [0.1, 0.15) is 0 Å². The molecule has 1 aromatic heterocycles. The van der Waals surface area contributed by atoms with Crippen LogP contribution in [0.2, 0.25) is 0 Å². The summed E-state index contributed by atoms with van der Waals surface area (Å²) >= 11 is 0. The van der Waals surface area contributed by atoms with Gasteiger partial charge in [-0.2, -0.15) is 5.10 Å².